The Kier molecular flexibility index (Phi) is 18.0. The lowest BCUT2D eigenvalue weighted by molar-refractivity contribution is -0.179. The third-order valence-electron chi connectivity index (χ3n) is 7.47. The van der Waals surface area contributed by atoms with E-state index in [4.69, 9.17) is 43.8 Å². The molecule has 0 aromatic heterocycles. The fourth-order valence-corrected chi connectivity index (χ4v) is 5.03. The van der Waals surface area contributed by atoms with Crippen LogP contribution in [0.25, 0.3) is 0 Å². The van der Waals surface area contributed by atoms with E-state index in [0.29, 0.717) is 16.5 Å². The zero-order valence-electron chi connectivity index (χ0n) is 29.3. The lowest BCUT2D eigenvalue weighted by atomic mass is 8.68. The highest BCUT2D eigenvalue weighted by Gasteiger charge is 2.60. The summed E-state index contributed by atoms with van der Waals surface area (Å²) < 4.78 is 83.0. The van der Waals surface area contributed by atoms with Gasteiger partial charge in [-0.25, -0.2) is 9.59 Å². The summed E-state index contributed by atoms with van der Waals surface area (Å²) in [6.45, 7) is 7.07. The number of hydrogen-bond acceptors (Lipinski definition) is 3. The quantitative estimate of drug-likeness (QED) is 0.165. The number of alkyl halides is 6. The summed E-state index contributed by atoms with van der Waals surface area (Å²) in [6, 6.07) is 6.24. The summed E-state index contributed by atoms with van der Waals surface area (Å²) in [7, 11) is 25.8. The maximum atomic E-state index is 13.8. The van der Waals surface area contributed by atoms with Gasteiger partial charge in [-0.2, -0.15) is 26.3 Å². The minimum atomic E-state index is -4.79. The van der Waals surface area contributed by atoms with E-state index in [2.05, 4.69) is 50.2 Å². The summed E-state index contributed by atoms with van der Waals surface area (Å²) in [5.74, 6) is 9.81. The third-order valence-corrected chi connectivity index (χ3v) is 7.96. The van der Waals surface area contributed by atoms with Crippen molar-refractivity contribution in [3.05, 3.63) is 57.6 Å². The fourth-order valence-electron chi connectivity index (χ4n) is 4.67. The standard InChI is InChI=1S/C16H17F3N2O2.C15H14BrF3N2O.CH4.B8/c1-10(2)4-3-7-15(16(17,18)19)12-6-5-11(9-22)8-13(12)20-14(23)21-15;1-9(2)4-3-7-14(15(17,18)19)11-6-5-10(16)8-12(11)20-13(22)21-14;;1-6(2)8(5)7(3)4/h5-6,8,10,22H,4,9H2,1-2H3,(H2,20,21,23);5-6,8-9H,4H2,1-2H3,(H2,20,21,22);1H4;. The van der Waals surface area contributed by atoms with E-state index in [-0.39, 0.29) is 54.8 Å². The molecule has 4 amide bonds. The van der Waals surface area contributed by atoms with Crippen LogP contribution in [0.5, 0.6) is 0 Å². The normalized spacial score (nSPS) is 18.2. The molecule has 0 saturated heterocycles. The first-order chi connectivity index (χ1) is 24.4. The van der Waals surface area contributed by atoms with Crippen molar-refractivity contribution in [3.63, 3.8) is 0 Å². The molecule has 0 saturated carbocycles. The second kappa shape index (κ2) is 20.0. The van der Waals surface area contributed by atoms with Crippen molar-refractivity contribution < 1.29 is 41.0 Å². The number of carbonyl (C=O) groups excluding carboxylic acids is 2. The molecule has 22 heteroatoms. The number of benzene rings is 2. The van der Waals surface area contributed by atoms with Crippen LogP contribution in [-0.4, -0.2) is 87.4 Å². The van der Waals surface area contributed by atoms with E-state index in [1.165, 1.54) is 36.4 Å². The Morgan fingerprint density at radius 3 is 1.46 bits per heavy atom. The van der Waals surface area contributed by atoms with Gasteiger partial charge in [0.15, 0.2) is 0 Å². The zero-order chi connectivity index (χ0) is 40.5. The average Bonchev–Trinajstić information content (AvgIpc) is 3.02. The molecule has 2 heterocycles. The van der Waals surface area contributed by atoms with Crippen LogP contribution in [0.1, 0.15) is 64.7 Å². The van der Waals surface area contributed by atoms with Crippen molar-refractivity contribution >= 4 is 97.2 Å². The Balaban J connectivity index is 0.000000444. The van der Waals surface area contributed by atoms with Gasteiger partial charge in [0, 0.05) is 92.0 Å². The first-order valence-electron chi connectivity index (χ1n) is 16.0. The van der Waals surface area contributed by atoms with Gasteiger partial charge < -0.3 is 26.4 Å². The van der Waals surface area contributed by atoms with E-state index in [0.717, 1.165) is 0 Å². The van der Waals surface area contributed by atoms with Crippen LogP contribution in [-0.2, 0) is 17.7 Å². The largest absolute Gasteiger partial charge is 0.427 e. The number of nitrogens with one attached hydrogen (secondary N) is 4. The molecule has 2 aliphatic heterocycles. The van der Waals surface area contributed by atoms with Crippen LogP contribution >= 0.6 is 15.9 Å². The van der Waals surface area contributed by atoms with Crippen molar-refractivity contribution in [2.45, 2.75) is 78.0 Å². The molecular formula is C32H35B8BrF6N4O3. The molecule has 0 spiro atoms. The molecule has 2 aromatic carbocycles. The SMILES string of the molecule is C.CC(C)CC#CC1(C(F)(F)F)NC(=O)Nc2cc(Br)ccc21.CC(C)CC#CC1(C(F)(F)F)NC(=O)Nc2cc(CO)ccc21.[B]B([B])B([B])B([B])[B]. The van der Waals surface area contributed by atoms with Crippen LogP contribution in [0.4, 0.5) is 47.3 Å². The van der Waals surface area contributed by atoms with E-state index in [1.807, 2.05) is 38.3 Å². The monoisotopic (exact) mass is 804 g/mol. The number of carbonyl (C=O) groups is 2. The highest BCUT2D eigenvalue weighted by molar-refractivity contribution is 9.10. The second-order valence-electron chi connectivity index (χ2n) is 12.9. The molecule has 2 aromatic rings. The van der Waals surface area contributed by atoms with Crippen molar-refractivity contribution in [2.24, 2.45) is 11.8 Å². The maximum Gasteiger partial charge on any atom is 0.427 e. The minimum absolute atomic E-state index is 0. The molecule has 54 heavy (non-hydrogen) atoms. The van der Waals surface area contributed by atoms with Gasteiger partial charge in [0.2, 0.25) is 11.1 Å². The Morgan fingerprint density at radius 1 is 0.741 bits per heavy atom. The highest BCUT2D eigenvalue weighted by atomic mass is 79.9. The van der Waals surface area contributed by atoms with Crippen molar-refractivity contribution in [3.8, 4) is 23.7 Å². The van der Waals surface area contributed by atoms with Crippen LogP contribution in [0.15, 0.2) is 40.9 Å². The second-order valence-corrected chi connectivity index (χ2v) is 13.8. The molecule has 274 valence electrons. The molecule has 2 unspecified atom stereocenters. The number of fused-ring (bicyclic) bond motifs is 2. The maximum absolute atomic E-state index is 13.8. The molecule has 2 atom stereocenters. The molecule has 0 aliphatic carbocycles. The Bertz CT molecular complexity index is 1740. The van der Waals surface area contributed by atoms with Crippen LogP contribution in [0, 0.1) is 35.5 Å². The Morgan fingerprint density at radius 2 is 1.13 bits per heavy atom. The van der Waals surface area contributed by atoms with Gasteiger partial charge in [-0.05, 0) is 35.6 Å². The summed E-state index contributed by atoms with van der Waals surface area (Å²) >= 11 is 3.18. The van der Waals surface area contributed by atoms with E-state index < -0.39 is 54.6 Å². The van der Waals surface area contributed by atoms with Gasteiger partial charge in [0.1, 0.15) is 0 Å². The fraction of sp³-hybridized carbons (Fsp3) is 0.438. The van der Waals surface area contributed by atoms with E-state index in [9.17, 15) is 35.9 Å². The Labute approximate surface area is 329 Å². The minimum Gasteiger partial charge on any atom is -0.392 e. The van der Waals surface area contributed by atoms with Crippen molar-refractivity contribution in [1.82, 2.24) is 10.6 Å². The molecule has 5 N–H and O–H groups in total. The third kappa shape index (κ3) is 12.3. The highest BCUT2D eigenvalue weighted by Crippen LogP contribution is 2.45. The number of aliphatic hydroxyl groups is 1. The smallest absolute Gasteiger partial charge is 0.392 e. The molecule has 2 aliphatic rings. The number of aliphatic hydroxyl groups excluding tert-OH is 1. The lowest BCUT2D eigenvalue weighted by Gasteiger charge is -2.37. The van der Waals surface area contributed by atoms with Crippen molar-refractivity contribution in [2.75, 3.05) is 10.6 Å². The lowest BCUT2D eigenvalue weighted by Crippen LogP contribution is -2.59. The van der Waals surface area contributed by atoms with Gasteiger partial charge in [-0.3, -0.25) is 0 Å². The summed E-state index contributed by atoms with van der Waals surface area (Å²) in [5.41, 5.74) is -5.26. The molecule has 0 fully saturated rings. The molecule has 7 nitrogen and oxygen atoms in total. The molecular weight excluding hydrogens is 769 g/mol. The topological polar surface area (TPSA) is 102 Å². The average molecular weight is 804 g/mol. The number of hydrogen-bond donors (Lipinski definition) is 5. The number of halogens is 7. The molecule has 10 radical (unpaired) electrons. The van der Waals surface area contributed by atoms with Crippen molar-refractivity contribution in [1.29, 1.82) is 0 Å². The first-order valence-corrected chi connectivity index (χ1v) is 16.8. The summed E-state index contributed by atoms with van der Waals surface area (Å²) in [5, 5.41) is 17.7. The molecule has 4 rings (SSSR count). The zero-order valence-corrected chi connectivity index (χ0v) is 30.9. The van der Waals surface area contributed by atoms with E-state index >= 15 is 0 Å². The number of rotatable bonds is 5. The van der Waals surface area contributed by atoms with E-state index in [1.54, 1.807) is 0 Å². The first kappa shape index (κ1) is 48.7. The number of anilines is 2. The van der Waals surface area contributed by atoms with Gasteiger partial charge in [0.25, 0.3) is 0 Å². The predicted octanol–water partition coefficient (Wildman–Crippen LogP) is 5.10. The van der Waals surface area contributed by atoms with Gasteiger partial charge in [0.05, 0.1) is 12.3 Å². The number of amides is 4. The molecule has 0 bridgehead atoms. The van der Waals surface area contributed by atoms with Crippen LogP contribution in [0.2, 0.25) is 0 Å². The Hall–Kier alpha value is -3.36. The summed E-state index contributed by atoms with van der Waals surface area (Å²) in [6.07, 6.45) is -10.7. The van der Waals surface area contributed by atoms with Crippen LogP contribution < -0.4 is 21.3 Å². The van der Waals surface area contributed by atoms with Gasteiger partial charge >= 0.3 is 24.4 Å². The summed E-state index contributed by atoms with van der Waals surface area (Å²) in [4.78, 5) is 23.4. The van der Waals surface area contributed by atoms with Gasteiger partial charge in [-0.1, -0.05) is 92.9 Å². The number of urea groups is 2. The van der Waals surface area contributed by atoms with Crippen LogP contribution in [0.3, 0.4) is 0 Å². The van der Waals surface area contributed by atoms with Gasteiger partial charge in [-0.15, -0.1) is 0 Å². The predicted molar refractivity (Wildman–Crippen MR) is 214 cm³/mol.